The number of hydrogen-bond donors (Lipinski definition) is 0. The van der Waals surface area contributed by atoms with Crippen LogP contribution in [0.2, 0.25) is 5.02 Å². The second-order valence-corrected chi connectivity index (χ2v) is 8.38. The largest absolute Gasteiger partial charge is 0.458 e. The van der Waals surface area contributed by atoms with Crippen LogP contribution in [0.5, 0.6) is 0 Å². The van der Waals surface area contributed by atoms with Crippen molar-refractivity contribution < 1.29 is 37.8 Å². The number of hydrogen-bond acceptors (Lipinski definition) is 7. The van der Waals surface area contributed by atoms with E-state index in [0.29, 0.717) is 12.8 Å². The highest BCUT2D eigenvalue weighted by Crippen LogP contribution is 2.41. The predicted molar refractivity (Wildman–Crippen MR) is 111 cm³/mol. The van der Waals surface area contributed by atoms with E-state index in [4.69, 9.17) is 25.8 Å². The van der Waals surface area contributed by atoms with Gasteiger partial charge in [-0.2, -0.15) is 0 Å². The summed E-state index contributed by atoms with van der Waals surface area (Å²) in [5.41, 5.74) is -0.691. The highest BCUT2D eigenvalue weighted by molar-refractivity contribution is 6.34. The number of fused-ring (bicyclic) bond motifs is 1. The molecule has 8 nitrogen and oxygen atoms in total. The molecule has 0 bridgehead atoms. The molecule has 2 aliphatic rings. The third-order valence-corrected chi connectivity index (χ3v) is 5.73. The molecule has 0 radical (unpaired) electrons. The van der Waals surface area contributed by atoms with Crippen LogP contribution in [-0.4, -0.2) is 42.8 Å². The van der Waals surface area contributed by atoms with Gasteiger partial charge in [-0.05, 0) is 45.7 Å². The number of imide groups is 1. The van der Waals surface area contributed by atoms with Gasteiger partial charge in [-0.1, -0.05) is 24.4 Å². The lowest BCUT2D eigenvalue weighted by molar-refractivity contribution is -0.186. The van der Waals surface area contributed by atoms with Gasteiger partial charge < -0.3 is 14.2 Å². The second-order valence-electron chi connectivity index (χ2n) is 7.97. The molecule has 174 valence electrons. The van der Waals surface area contributed by atoms with Gasteiger partial charge >= 0.3 is 18.2 Å². The lowest BCUT2D eigenvalue weighted by Gasteiger charge is -2.20. The molecule has 2 fully saturated rings. The normalized spacial score (nSPS) is 21.5. The standard InChI is InChI=1S/C22H25ClFNO7/c1-4-30-22(21(29)31-11(2)3)32-20(28)14-9-17(16(24)10-15(14)23)25-18(26)12-7-5-6-8-13(12)19(25)27/h9-13,22H,4-8H2,1-3H3. The minimum absolute atomic E-state index is 0.0487. The van der Waals surface area contributed by atoms with Crippen LogP contribution in [0.15, 0.2) is 12.1 Å². The highest BCUT2D eigenvalue weighted by Gasteiger charge is 2.49. The van der Waals surface area contributed by atoms with Crippen LogP contribution >= 0.6 is 11.6 Å². The summed E-state index contributed by atoms with van der Waals surface area (Å²) in [6.07, 6.45) is 0.631. The van der Waals surface area contributed by atoms with Gasteiger partial charge in [0, 0.05) is 6.61 Å². The predicted octanol–water partition coefficient (Wildman–Crippen LogP) is 3.63. The van der Waals surface area contributed by atoms with Crippen molar-refractivity contribution >= 4 is 41.0 Å². The van der Waals surface area contributed by atoms with Gasteiger partial charge in [0.05, 0.1) is 34.2 Å². The number of halogens is 2. The van der Waals surface area contributed by atoms with Crippen LogP contribution in [-0.2, 0) is 28.6 Å². The number of rotatable bonds is 7. The number of amides is 2. The Labute approximate surface area is 189 Å². The average Bonchev–Trinajstić information content (AvgIpc) is 2.98. The molecular formula is C22H25ClFNO7. The van der Waals surface area contributed by atoms with E-state index in [1.807, 2.05) is 0 Å². The van der Waals surface area contributed by atoms with E-state index in [0.717, 1.165) is 29.9 Å². The third kappa shape index (κ3) is 4.78. The van der Waals surface area contributed by atoms with Crippen LogP contribution in [0.3, 0.4) is 0 Å². The molecule has 32 heavy (non-hydrogen) atoms. The van der Waals surface area contributed by atoms with E-state index in [9.17, 15) is 23.6 Å². The Bertz CT molecular complexity index is 911. The quantitative estimate of drug-likeness (QED) is 0.341. The Morgan fingerprint density at radius 3 is 2.25 bits per heavy atom. The number of benzene rings is 1. The molecule has 1 saturated heterocycles. The molecule has 3 unspecified atom stereocenters. The minimum atomic E-state index is -1.66. The average molecular weight is 470 g/mol. The summed E-state index contributed by atoms with van der Waals surface area (Å²) < 4.78 is 30.0. The van der Waals surface area contributed by atoms with Crippen molar-refractivity contribution in [2.24, 2.45) is 11.8 Å². The number of esters is 2. The third-order valence-electron chi connectivity index (χ3n) is 5.41. The fourth-order valence-electron chi connectivity index (χ4n) is 4.02. The minimum Gasteiger partial charge on any atom is -0.458 e. The van der Waals surface area contributed by atoms with E-state index >= 15 is 0 Å². The number of anilines is 1. The second kappa shape index (κ2) is 9.95. The van der Waals surface area contributed by atoms with Crippen molar-refractivity contribution in [3.05, 3.63) is 28.5 Å². The number of nitrogens with zero attached hydrogens (tertiary/aromatic N) is 1. The lowest BCUT2D eigenvalue weighted by Crippen LogP contribution is -2.34. The van der Waals surface area contributed by atoms with E-state index in [-0.39, 0.29) is 22.9 Å². The van der Waals surface area contributed by atoms with Gasteiger partial charge in [-0.15, -0.1) is 0 Å². The summed E-state index contributed by atoms with van der Waals surface area (Å²) in [6.45, 7) is 4.88. The molecule has 3 rings (SSSR count). The fourth-order valence-corrected chi connectivity index (χ4v) is 4.24. The van der Waals surface area contributed by atoms with Crippen LogP contribution in [0, 0.1) is 17.7 Å². The van der Waals surface area contributed by atoms with Gasteiger partial charge in [0.25, 0.3) is 0 Å². The van der Waals surface area contributed by atoms with Gasteiger partial charge in [0.2, 0.25) is 11.8 Å². The first kappa shape index (κ1) is 24.1. The molecular weight excluding hydrogens is 445 g/mol. The van der Waals surface area contributed by atoms with E-state index < -0.39 is 53.8 Å². The van der Waals surface area contributed by atoms with E-state index in [1.54, 1.807) is 20.8 Å². The molecule has 1 aliphatic carbocycles. The van der Waals surface area contributed by atoms with E-state index in [2.05, 4.69) is 0 Å². The Hall–Kier alpha value is -2.52. The summed E-state index contributed by atoms with van der Waals surface area (Å²) >= 11 is 6.04. The van der Waals surface area contributed by atoms with Crippen molar-refractivity contribution in [2.45, 2.75) is 58.8 Å². The zero-order valence-electron chi connectivity index (χ0n) is 18.1. The molecule has 0 aromatic heterocycles. The molecule has 1 saturated carbocycles. The maximum atomic E-state index is 14.7. The zero-order valence-corrected chi connectivity index (χ0v) is 18.8. The van der Waals surface area contributed by atoms with Crippen LogP contribution < -0.4 is 4.90 Å². The van der Waals surface area contributed by atoms with Crippen molar-refractivity contribution in [2.75, 3.05) is 11.5 Å². The number of carbonyl (C=O) groups is 4. The Morgan fingerprint density at radius 1 is 1.12 bits per heavy atom. The van der Waals surface area contributed by atoms with Crippen LogP contribution in [0.4, 0.5) is 10.1 Å². The molecule has 3 atom stereocenters. The monoisotopic (exact) mass is 469 g/mol. The smallest absolute Gasteiger partial charge is 0.376 e. The summed E-state index contributed by atoms with van der Waals surface area (Å²) in [5, 5.41) is -0.305. The van der Waals surface area contributed by atoms with Gasteiger partial charge in [-0.25, -0.2) is 18.9 Å². The number of carbonyl (C=O) groups excluding carboxylic acids is 4. The fraction of sp³-hybridized carbons (Fsp3) is 0.545. The first-order valence-electron chi connectivity index (χ1n) is 10.6. The highest BCUT2D eigenvalue weighted by atomic mass is 35.5. The van der Waals surface area contributed by atoms with Gasteiger partial charge in [0.1, 0.15) is 5.82 Å². The Balaban J connectivity index is 1.89. The Morgan fingerprint density at radius 2 is 1.72 bits per heavy atom. The molecule has 1 aromatic rings. The van der Waals surface area contributed by atoms with Crippen molar-refractivity contribution in [3.63, 3.8) is 0 Å². The lowest BCUT2D eigenvalue weighted by atomic mass is 9.81. The Kier molecular flexibility index (Phi) is 7.51. The molecule has 1 heterocycles. The van der Waals surface area contributed by atoms with Crippen molar-refractivity contribution in [1.29, 1.82) is 0 Å². The van der Waals surface area contributed by atoms with Crippen molar-refractivity contribution in [3.8, 4) is 0 Å². The first-order chi connectivity index (χ1) is 15.1. The number of ether oxygens (including phenoxy) is 3. The molecule has 1 aliphatic heterocycles. The summed E-state index contributed by atoms with van der Waals surface area (Å²) in [4.78, 5) is 51.3. The molecule has 0 N–H and O–H groups in total. The molecule has 1 aromatic carbocycles. The topological polar surface area (TPSA) is 99.2 Å². The molecule has 2 amide bonds. The van der Waals surface area contributed by atoms with Crippen LogP contribution in [0.1, 0.15) is 56.8 Å². The summed E-state index contributed by atoms with van der Waals surface area (Å²) in [5.74, 6) is -4.90. The molecule has 10 heteroatoms. The summed E-state index contributed by atoms with van der Waals surface area (Å²) in [7, 11) is 0. The van der Waals surface area contributed by atoms with E-state index in [1.165, 1.54) is 0 Å². The summed E-state index contributed by atoms with van der Waals surface area (Å²) in [6, 6.07) is 1.82. The van der Waals surface area contributed by atoms with Gasteiger partial charge in [-0.3, -0.25) is 9.59 Å². The molecule has 0 spiro atoms. The maximum absolute atomic E-state index is 14.7. The van der Waals surface area contributed by atoms with Gasteiger partial charge in [0.15, 0.2) is 0 Å². The van der Waals surface area contributed by atoms with Crippen LogP contribution in [0.25, 0.3) is 0 Å². The maximum Gasteiger partial charge on any atom is 0.376 e. The SMILES string of the molecule is CCOC(OC(=O)c1cc(N2C(=O)C3CCCCC3C2=O)c(F)cc1Cl)C(=O)OC(C)C. The van der Waals surface area contributed by atoms with Crippen molar-refractivity contribution in [1.82, 2.24) is 0 Å². The zero-order chi connectivity index (χ0) is 23.6. The first-order valence-corrected chi connectivity index (χ1v) is 10.9.